The maximum absolute atomic E-state index is 11.3. The summed E-state index contributed by atoms with van der Waals surface area (Å²) in [5.41, 5.74) is 0. The maximum atomic E-state index is 11.3. The molecule has 1 aliphatic heterocycles. The SMILES string of the molecule is COCCn1ccnc1NC1CCS(=O)CC1. The molecule has 0 unspecified atom stereocenters. The Bertz CT molecular complexity index is 371. The number of rotatable bonds is 5. The quantitative estimate of drug-likeness (QED) is 0.850. The van der Waals surface area contributed by atoms with E-state index in [2.05, 4.69) is 14.9 Å². The summed E-state index contributed by atoms with van der Waals surface area (Å²) in [6.45, 7) is 1.48. The number of methoxy groups -OCH3 is 1. The lowest BCUT2D eigenvalue weighted by molar-refractivity contribution is 0.187. The van der Waals surface area contributed by atoms with Crippen molar-refractivity contribution in [3.63, 3.8) is 0 Å². The van der Waals surface area contributed by atoms with E-state index in [9.17, 15) is 4.21 Å². The molecule has 1 aromatic rings. The van der Waals surface area contributed by atoms with Crippen LogP contribution in [0.25, 0.3) is 0 Å². The predicted octanol–water partition coefficient (Wildman–Crippen LogP) is 0.853. The average Bonchev–Trinajstić information content (AvgIpc) is 2.77. The van der Waals surface area contributed by atoms with E-state index in [0.29, 0.717) is 12.6 Å². The maximum Gasteiger partial charge on any atom is 0.203 e. The lowest BCUT2D eigenvalue weighted by atomic mass is 10.2. The third-order valence-corrected chi connectivity index (χ3v) is 4.36. The van der Waals surface area contributed by atoms with Gasteiger partial charge in [0, 0.05) is 54.4 Å². The molecule has 5 nitrogen and oxygen atoms in total. The molecule has 0 radical (unpaired) electrons. The Morgan fingerprint density at radius 3 is 3.06 bits per heavy atom. The molecule has 2 rings (SSSR count). The minimum absolute atomic E-state index is 0.399. The van der Waals surface area contributed by atoms with Crippen molar-refractivity contribution in [1.29, 1.82) is 0 Å². The first kappa shape index (κ1) is 12.6. The fourth-order valence-electron chi connectivity index (χ4n) is 1.94. The highest BCUT2D eigenvalue weighted by Crippen LogP contribution is 2.15. The molecule has 96 valence electrons. The van der Waals surface area contributed by atoms with E-state index in [1.807, 2.05) is 6.20 Å². The summed E-state index contributed by atoms with van der Waals surface area (Å²) in [5.74, 6) is 2.49. The molecule has 0 aromatic carbocycles. The van der Waals surface area contributed by atoms with Crippen molar-refractivity contribution in [1.82, 2.24) is 9.55 Å². The zero-order valence-electron chi connectivity index (χ0n) is 10.1. The molecule has 0 saturated carbocycles. The molecule has 1 aliphatic rings. The highest BCUT2D eigenvalue weighted by Gasteiger charge is 2.18. The van der Waals surface area contributed by atoms with Crippen molar-refractivity contribution < 1.29 is 8.95 Å². The van der Waals surface area contributed by atoms with Gasteiger partial charge in [-0.25, -0.2) is 4.98 Å². The second-order valence-electron chi connectivity index (χ2n) is 4.20. The molecular formula is C11H19N3O2S. The highest BCUT2D eigenvalue weighted by molar-refractivity contribution is 7.85. The van der Waals surface area contributed by atoms with E-state index >= 15 is 0 Å². The van der Waals surface area contributed by atoms with Crippen molar-refractivity contribution in [3.8, 4) is 0 Å². The predicted molar refractivity (Wildman–Crippen MR) is 68.6 cm³/mol. The summed E-state index contributed by atoms with van der Waals surface area (Å²) in [4.78, 5) is 4.30. The summed E-state index contributed by atoms with van der Waals surface area (Å²) < 4.78 is 18.4. The van der Waals surface area contributed by atoms with Gasteiger partial charge < -0.3 is 14.6 Å². The molecule has 0 amide bonds. The van der Waals surface area contributed by atoms with Gasteiger partial charge in [0.1, 0.15) is 0 Å². The van der Waals surface area contributed by atoms with Crippen LogP contribution in [0, 0.1) is 0 Å². The van der Waals surface area contributed by atoms with Gasteiger partial charge in [0.2, 0.25) is 5.95 Å². The van der Waals surface area contributed by atoms with Gasteiger partial charge >= 0.3 is 0 Å². The number of nitrogens with one attached hydrogen (secondary N) is 1. The highest BCUT2D eigenvalue weighted by atomic mass is 32.2. The van der Waals surface area contributed by atoms with Crippen molar-refractivity contribution in [2.24, 2.45) is 0 Å². The van der Waals surface area contributed by atoms with Crippen LogP contribution in [-0.2, 0) is 22.1 Å². The smallest absolute Gasteiger partial charge is 0.203 e. The third-order valence-electron chi connectivity index (χ3n) is 2.97. The van der Waals surface area contributed by atoms with E-state index in [0.717, 1.165) is 36.8 Å². The minimum Gasteiger partial charge on any atom is -0.383 e. The molecule has 1 fully saturated rings. The molecule has 1 N–H and O–H groups in total. The Labute approximate surface area is 104 Å². The second kappa shape index (κ2) is 6.16. The molecule has 0 atom stereocenters. The van der Waals surface area contributed by atoms with Crippen LogP contribution in [0.15, 0.2) is 12.4 Å². The Balaban J connectivity index is 1.89. The summed E-state index contributed by atoms with van der Waals surface area (Å²) >= 11 is 0. The molecule has 0 bridgehead atoms. The van der Waals surface area contributed by atoms with E-state index in [1.165, 1.54) is 0 Å². The number of hydrogen-bond donors (Lipinski definition) is 1. The van der Waals surface area contributed by atoms with Gasteiger partial charge in [0.25, 0.3) is 0 Å². The second-order valence-corrected chi connectivity index (χ2v) is 5.90. The standard InChI is InChI=1S/C11H19N3O2S/c1-16-7-6-14-5-4-12-11(14)13-10-2-8-17(15)9-3-10/h4-5,10H,2-3,6-9H2,1H3,(H,12,13). The normalized spacial score (nSPS) is 24.8. The first-order valence-electron chi connectivity index (χ1n) is 5.91. The molecular weight excluding hydrogens is 238 g/mol. The van der Waals surface area contributed by atoms with Gasteiger partial charge in [-0.15, -0.1) is 0 Å². The van der Waals surface area contributed by atoms with E-state index in [4.69, 9.17) is 4.74 Å². The molecule has 17 heavy (non-hydrogen) atoms. The largest absolute Gasteiger partial charge is 0.383 e. The van der Waals surface area contributed by atoms with Gasteiger partial charge in [-0.3, -0.25) is 4.21 Å². The van der Waals surface area contributed by atoms with Crippen molar-refractivity contribution in [3.05, 3.63) is 12.4 Å². The van der Waals surface area contributed by atoms with Crippen LogP contribution in [0.2, 0.25) is 0 Å². The van der Waals surface area contributed by atoms with Crippen LogP contribution >= 0.6 is 0 Å². The monoisotopic (exact) mass is 257 g/mol. The number of nitrogens with zero attached hydrogens (tertiary/aromatic N) is 2. The van der Waals surface area contributed by atoms with Gasteiger partial charge in [-0.2, -0.15) is 0 Å². The van der Waals surface area contributed by atoms with Crippen molar-refractivity contribution in [2.75, 3.05) is 30.5 Å². The van der Waals surface area contributed by atoms with E-state index in [-0.39, 0.29) is 0 Å². The lowest BCUT2D eigenvalue weighted by Crippen LogP contribution is -2.30. The van der Waals surface area contributed by atoms with Gasteiger partial charge in [0.15, 0.2) is 0 Å². The molecule has 0 spiro atoms. The summed E-state index contributed by atoms with van der Waals surface area (Å²) in [6, 6.07) is 0.399. The van der Waals surface area contributed by atoms with E-state index < -0.39 is 10.8 Å². The van der Waals surface area contributed by atoms with Crippen molar-refractivity contribution in [2.45, 2.75) is 25.4 Å². The van der Waals surface area contributed by atoms with Crippen LogP contribution in [0.4, 0.5) is 5.95 Å². The zero-order chi connectivity index (χ0) is 12.1. The fourth-order valence-corrected chi connectivity index (χ4v) is 3.24. The fraction of sp³-hybridized carbons (Fsp3) is 0.727. The molecule has 6 heteroatoms. The minimum atomic E-state index is -0.607. The van der Waals surface area contributed by atoms with Crippen LogP contribution in [0.5, 0.6) is 0 Å². The Hall–Kier alpha value is -0.880. The van der Waals surface area contributed by atoms with E-state index in [1.54, 1.807) is 13.3 Å². The number of anilines is 1. The number of imidazole rings is 1. The van der Waals surface area contributed by atoms with Crippen LogP contribution in [0.3, 0.4) is 0 Å². The Kier molecular flexibility index (Phi) is 4.56. The van der Waals surface area contributed by atoms with Crippen LogP contribution < -0.4 is 5.32 Å². The molecule has 1 aromatic heterocycles. The average molecular weight is 257 g/mol. The summed E-state index contributed by atoms with van der Waals surface area (Å²) in [6.07, 6.45) is 5.66. The van der Waals surface area contributed by atoms with Crippen LogP contribution in [0.1, 0.15) is 12.8 Å². The zero-order valence-corrected chi connectivity index (χ0v) is 10.9. The van der Waals surface area contributed by atoms with Gasteiger partial charge in [0.05, 0.1) is 6.61 Å². The van der Waals surface area contributed by atoms with Gasteiger partial charge in [-0.1, -0.05) is 0 Å². The summed E-state index contributed by atoms with van der Waals surface area (Å²) in [7, 11) is 1.09. The first-order valence-corrected chi connectivity index (χ1v) is 7.40. The molecule has 1 saturated heterocycles. The van der Waals surface area contributed by atoms with Crippen LogP contribution in [-0.4, -0.2) is 45.0 Å². The Morgan fingerprint density at radius 2 is 2.35 bits per heavy atom. The Morgan fingerprint density at radius 1 is 1.59 bits per heavy atom. The van der Waals surface area contributed by atoms with Crippen molar-refractivity contribution >= 4 is 16.7 Å². The lowest BCUT2D eigenvalue weighted by Gasteiger charge is -2.23. The third kappa shape index (κ3) is 3.54. The first-order chi connectivity index (χ1) is 8.29. The number of ether oxygens (including phenoxy) is 1. The topological polar surface area (TPSA) is 56.1 Å². The number of aromatic nitrogens is 2. The molecule has 2 heterocycles. The number of hydrogen-bond acceptors (Lipinski definition) is 4. The summed E-state index contributed by atoms with van der Waals surface area (Å²) in [5, 5.41) is 3.42. The molecule has 0 aliphatic carbocycles. The van der Waals surface area contributed by atoms with Gasteiger partial charge in [-0.05, 0) is 12.8 Å².